The Morgan fingerprint density at radius 3 is 2.35 bits per heavy atom. The maximum atomic E-state index is 12.0. The van der Waals surface area contributed by atoms with Crippen LogP contribution in [0.5, 0.6) is 0 Å². The lowest BCUT2D eigenvalue weighted by atomic mass is 9.93. The van der Waals surface area contributed by atoms with E-state index < -0.39 is 18.9 Å². The van der Waals surface area contributed by atoms with E-state index >= 15 is 0 Å². The van der Waals surface area contributed by atoms with E-state index in [0.29, 0.717) is 6.04 Å². The van der Waals surface area contributed by atoms with Crippen LogP contribution in [0.1, 0.15) is 32.6 Å². The molecule has 1 unspecified atom stereocenters. The van der Waals surface area contributed by atoms with E-state index in [1.54, 1.807) is 0 Å². The van der Waals surface area contributed by atoms with E-state index in [1.807, 2.05) is 6.92 Å². The van der Waals surface area contributed by atoms with Crippen molar-refractivity contribution in [2.24, 2.45) is 0 Å². The smallest absolute Gasteiger partial charge is 0.382 e. The number of rotatable bonds is 5. The van der Waals surface area contributed by atoms with Gasteiger partial charge in [0.2, 0.25) is 0 Å². The molecule has 0 saturated heterocycles. The summed E-state index contributed by atoms with van der Waals surface area (Å²) >= 11 is 0. The zero-order valence-electron chi connectivity index (χ0n) is 9.96. The summed E-state index contributed by atoms with van der Waals surface area (Å²) in [6.45, 7) is 2.28. The molecular weight excluding hydrogens is 235 g/mol. The van der Waals surface area contributed by atoms with Crippen molar-refractivity contribution in [3.05, 3.63) is 0 Å². The zero-order chi connectivity index (χ0) is 12.9. The molecule has 0 aromatic heterocycles. The molecule has 1 aliphatic rings. The maximum absolute atomic E-state index is 12.0. The van der Waals surface area contributed by atoms with E-state index in [2.05, 4.69) is 5.32 Å². The van der Waals surface area contributed by atoms with Gasteiger partial charge in [-0.3, -0.25) is 0 Å². The zero-order valence-corrected chi connectivity index (χ0v) is 9.96. The fourth-order valence-electron chi connectivity index (χ4n) is 2.04. The molecule has 0 amide bonds. The summed E-state index contributed by atoms with van der Waals surface area (Å²) in [6.07, 6.45) is -3.76. The van der Waals surface area contributed by atoms with Crippen LogP contribution in [0.2, 0.25) is 0 Å². The first-order chi connectivity index (χ1) is 7.93. The molecule has 1 aliphatic carbocycles. The van der Waals surface area contributed by atoms with Crippen molar-refractivity contribution in [2.75, 3.05) is 13.2 Å². The Labute approximate surface area is 99.3 Å². The second kappa shape index (κ2) is 6.56. The van der Waals surface area contributed by atoms with E-state index in [0.717, 1.165) is 32.2 Å². The van der Waals surface area contributed by atoms with Gasteiger partial charge < -0.3 is 15.2 Å². The van der Waals surface area contributed by atoms with E-state index in [-0.39, 0.29) is 6.10 Å². The largest absolute Gasteiger partial charge is 0.416 e. The Morgan fingerprint density at radius 1 is 1.29 bits per heavy atom. The molecule has 1 atom stereocenters. The quantitative estimate of drug-likeness (QED) is 0.787. The minimum Gasteiger partial charge on any atom is -0.382 e. The van der Waals surface area contributed by atoms with Gasteiger partial charge in [-0.1, -0.05) is 6.92 Å². The molecule has 0 spiro atoms. The van der Waals surface area contributed by atoms with E-state index in [9.17, 15) is 13.2 Å². The maximum Gasteiger partial charge on any atom is 0.416 e. The van der Waals surface area contributed by atoms with Crippen LogP contribution in [0, 0.1) is 0 Å². The standard InChI is InChI=1S/C11H20F3NO2/c1-2-15-8-3-5-9(6-4-8)17-7-10(16)11(12,13)14/h8-10,15-16H,2-7H2,1H3. The molecule has 1 saturated carbocycles. The van der Waals surface area contributed by atoms with Crippen LogP contribution in [-0.2, 0) is 4.74 Å². The monoisotopic (exact) mass is 255 g/mol. The number of hydrogen-bond donors (Lipinski definition) is 2. The van der Waals surface area contributed by atoms with Gasteiger partial charge in [-0.05, 0) is 32.2 Å². The second-order valence-electron chi connectivity index (χ2n) is 4.42. The Kier molecular flexibility index (Phi) is 5.69. The van der Waals surface area contributed by atoms with Gasteiger partial charge in [-0.25, -0.2) is 0 Å². The normalized spacial score (nSPS) is 28.1. The first kappa shape index (κ1) is 14.7. The Balaban J connectivity index is 2.18. The first-order valence-corrected chi connectivity index (χ1v) is 6.03. The van der Waals surface area contributed by atoms with Gasteiger partial charge in [-0.15, -0.1) is 0 Å². The highest BCUT2D eigenvalue weighted by molar-refractivity contribution is 4.77. The van der Waals surface area contributed by atoms with Gasteiger partial charge in [0, 0.05) is 6.04 Å². The highest BCUT2D eigenvalue weighted by Crippen LogP contribution is 2.24. The molecule has 6 heteroatoms. The van der Waals surface area contributed by atoms with Crippen LogP contribution in [-0.4, -0.2) is 42.7 Å². The molecule has 102 valence electrons. The minimum absolute atomic E-state index is 0.151. The Morgan fingerprint density at radius 2 is 1.88 bits per heavy atom. The third kappa shape index (κ3) is 5.23. The number of alkyl halides is 3. The molecule has 3 nitrogen and oxygen atoms in total. The average Bonchev–Trinajstić information content (AvgIpc) is 2.27. The number of aliphatic hydroxyl groups is 1. The first-order valence-electron chi connectivity index (χ1n) is 6.03. The van der Waals surface area contributed by atoms with Crippen LogP contribution < -0.4 is 5.32 Å². The summed E-state index contributed by atoms with van der Waals surface area (Å²) in [5, 5.41) is 12.1. The highest BCUT2D eigenvalue weighted by Gasteiger charge is 2.38. The number of halogens is 3. The molecule has 0 aromatic carbocycles. The fraction of sp³-hybridized carbons (Fsp3) is 1.00. The lowest BCUT2D eigenvalue weighted by Crippen LogP contribution is -2.38. The van der Waals surface area contributed by atoms with E-state index in [1.165, 1.54) is 0 Å². The lowest BCUT2D eigenvalue weighted by molar-refractivity contribution is -0.222. The van der Waals surface area contributed by atoms with Crippen LogP contribution in [0.25, 0.3) is 0 Å². The van der Waals surface area contributed by atoms with Crippen molar-refractivity contribution in [2.45, 2.75) is 57.0 Å². The number of nitrogens with one attached hydrogen (secondary N) is 1. The van der Waals surface area contributed by atoms with Crippen LogP contribution in [0.4, 0.5) is 13.2 Å². The summed E-state index contributed by atoms with van der Waals surface area (Å²) in [5.41, 5.74) is 0. The predicted octanol–water partition coefficient (Wildman–Crippen LogP) is 1.85. The van der Waals surface area contributed by atoms with Crippen molar-refractivity contribution in [1.29, 1.82) is 0 Å². The molecule has 0 heterocycles. The average molecular weight is 255 g/mol. The fourth-order valence-corrected chi connectivity index (χ4v) is 2.04. The molecule has 0 radical (unpaired) electrons. The Bertz CT molecular complexity index is 215. The summed E-state index contributed by atoms with van der Waals surface area (Å²) in [7, 11) is 0. The molecular formula is C11H20F3NO2. The lowest BCUT2D eigenvalue weighted by Gasteiger charge is -2.29. The van der Waals surface area contributed by atoms with Crippen molar-refractivity contribution >= 4 is 0 Å². The summed E-state index contributed by atoms with van der Waals surface area (Å²) in [4.78, 5) is 0. The van der Waals surface area contributed by atoms with Gasteiger partial charge in [0.25, 0.3) is 0 Å². The van der Waals surface area contributed by atoms with Crippen LogP contribution >= 0.6 is 0 Å². The molecule has 0 aromatic rings. The minimum atomic E-state index is -4.58. The molecule has 2 N–H and O–H groups in total. The number of ether oxygens (including phenoxy) is 1. The molecule has 1 rings (SSSR count). The van der Waals surface area contributed by atoms with Crippen molar-refractivity contribution in [3.8, 4) is 0 Å². The van der Waals surface area contributed by atoms with E-state index in [4.69, 9.17) is 9.84 Å². The SMILES string of the molecule is CCNC1CCC(OCC(O)C(F)(F)F)CC1. The van der Waals surface area contributed by atoms with Crippen molar-refractivity contribution < 1.29 is 23.0 Å². The number of hydrogen-bond acceptors (Lipinski definition) is 3. The van der Waals surface area contributed by atoms with Gasteiger partial charge in [0.1, 0.15) is 0 Å². The van der Waals surface area contributed by atoms with Gasteiger partial charge in [-0.2, -0.15) is 13.2 Å². The molecule has 0 bridgehead atoms. The van der Waals surface area contributed by atoms with Crippen LogP contribution in [0.15, 0.2) is 0 Å². The molecule has 1 fully saturated rings. The van der Waals surface area contributed by atoms with Crippen molar-refractivity contribution in [3.63, 3.8) is 0 Å². The third-order valence-electron chi connectivity index (χ3n) is 3.03. The topological polar surface area (TPSA) is 41.5 Å². The van der Waals surface area contributed by atoms with Gasteiger partial charge in [0.15, 0.2) is 6.10 Å². The summed E-state index contributed by atoms with van der Waals surface area (Å²) in [5.74, 6) is 0. The van der Waals surface area contributed by atoms with Crippen LogP contribution in [0.3, 0.4) is 0 Å². The van der Waals surface area contributed by atoms with Crippen molar-refractivity contribution in [1.82, 2.24) is 5.32 Å². The molecule has 0 aliphatic heterocycles. The van der Waals surface area contributed by atoms with Gasteiger partial charge in [0.05, 0.1) is 12.7 Å². The summed E-state index contributed by atoms with van der Waals surface area (Å²) in [6, 6.07) is 0.451. The van der Waals surface area contributed by atoms with Gasteiger partial charge >= 0.3 is 6.18 Å². The summed E-state index contributed by atoms with van der Waals surface area (Å²) < 4.78 is 41.2. The molecule has 17 heavy (non-hydrogen) atoms. The highest BCUT2D eigenvalue weighted by atomic mass is 19.4. The second-order valence-corrected chi connectivity index (χ2v) is 4.42. The Hall–Kier alpha value is -0.330. The third-order valence-corrected chi connectivity index (χ3v) is 3.03. The number of aliphatic hydroxyl groups excluding tert-OH is 1. The predicted molar refractivity (Wildman–Crippen MR) is 57.7 cm³/mol.